The minimum Gasteiger partial charge on any atom is -0.480 e. The summed E-state index contributed by atoms with van der Waals surface area (Å²) < 4.78 is 4.69. The maximum Gasteiger partial charge on any atom is 0.326 e. The lowest BCUT2D eigenvalue weighted by Gasteiger charge is -2.15. The number of carbonyl (C=O) groups excluding carboxylic acids is 2. The van der Waals surface area contributed by atoms with Gasteiger partial charge in [0.25, 0.3) is 11.5 Å². The van der Waals surface area contributed by atoms with Gasteiger partial charge < -0.3 is 37.1 Å². The molecule has 38 heavy (non-hydrogen) atoms. The fourth-order valence-electron chi connectivity index (χ4n) is 3.08. The number of H-pyrrole nitrogens is 1. The minimum absolute atomic E-state index is 0.0376. The van der Waals surface area contributed by atoms with Gasteiger partial charge in [-0.25, -0.2) is 14.8 Å². The number of hydrogen-bond donors (Lipinski definition) is 7. The monoisotopic (exact) mass is 528 g/mol. The Labute approximate surface area is 213 Å². The number of carboxylic acid groups (broad SMARTS) is 2. The highest BCUT2D eigenvalue weighted by molar-refractivity contribution is 5.97. The number of amides is 1. The quantitative estimate of drug-likeness (QED) is 0.136. The van der Waals surface area contributed by atoms with Gasteiger partial charge in [0.05, 0.1) is 18.4 Å². The molecule has 0 bridgehead atoms. The molecule has 0 saturated carbocycles. The van der Waals surface area contributed by atoms with Crippen molar-refractivity contribution < 1.29 is 34.1 Å². The predicted octanol–water partition coefficient (Wildman–Crippen LogP) is -1.17. The van der Waals surface area contributed by atoms with Crippen molar-refractivity contribution in [1.29, 1.82) is 0 Å². The molecular formula is C22H24N8O8. The number of nitrogens with one attached hydrogen (secondary N) is 3. The van der Waals surface area contributed by atoms with E-state index >= 15 is 0 Å². The first-order valence-corrected chi connectivity index (χ1v) is 11.1. The van der Waals surface area contributed by atoms with Crippen LogP contribution in [0, 0.1) is 0 Å². The van der Waals surface area contributed by atoms with E-state index in [1.165, 1.54) is 18.3 Å². The summed E-state index contributed by atoms with van der Waals surface area (Å²) in [5.41, 5.74) is 11.6. The van der Waals surface area contributed by atoms with Gasteiger partial charge in [0.2, 0.25) is 5.95 Å². The van der Waals surface area contributed by atoms with Crippen LogP contribution < -0.4 is 27.7 Å². The molecule has 0 aliphatic heterocycles. The van der Waals surface area contributed by atoms with Crippen LogP contribution in [0.2, 0.25) is 0 Å². The Morgan fingerprint density at radius 1 is 1.08 bits per heavy atom. The largest absolute Gasteiger partial charge is 0.480 e. The molecule has 0 aliphatic rings. The van der Waals surface area contributed by atoms with Crippen LogP contribution in [0.5, 0.6) is 0 Å². The van der Waals surface area contributed by atoms with E-state index < -0.39 is 48.1 Å². The molecule has 0 radical (unpaired) electrons. The van der Waals surface area contributed by atoms with Gasteiger partial charge in [-0.2, -0.15) is 4.98 Å². The number of aliphatic carboxylic acids is 2. The summed E-state index contributed by atoms with van der Waals surface area (Å²) in [5, 5.41) is 23.4. The van der Waals surface area contributed by atoms with Crippen molar-refractivity contribution in [2.24, 2.45) is 5.73 Å². The van der Waals surface area contributed by atoms with Crippen LogP contribution in [0.3, 0.4) is 0 Å². The van der Waals surface area contributed by atoms with Gasteiger partial charge in [0.1, 0.15) is 18.7 Å². The van der Waals surface area contributed by atoms with Crippen molar-refractivity contribution in [2.75, 3.05) is 17.7 Å². The Kier molecular flexibility index (Phi) is 8.83. The number of aromatic nitrogens is 4. The summed E-state index contributed by atoms with van der Waals surface area (Å²) in [7, 11) is 0. The summed E-state index contributed by atoms with van der Waals surface area (Å²) in [6.45, 7) is -0.358. The predicted molar refractivity (Wildman–Crippen MR) is 131 cm³/mol. The maximum absolute atomic E-state index is 12.5. The molecule has 2 aromatic heterocycles. The first-order chi connectivity index (χ1) is 18.0. The molecule has 16 heteroatoms. The van der Waals surface area contributed by atoms with E-state index in [9.17, 15) is 29.1 Å². The molecule has 3 aromatic rings. The molecular weight excluding hydrogens is 504 g/mol. The lowest BCUT2D eigenvalue weighted by Crippen LogP contribution is -2.41. The molecule has 1 aromatic carbocycles. The molecule has 9 N–H and O–H groups in total. The van der Waals surface area contributed by atoms with Crippen molar-refractivity contribution in [3.8, 4) is 0 Å². The highest BCUT2D eigenvalue weighted by Crippen LogP contribution is 2.12. The number of nitrogen functional groups attached to an aromatic ring is 1. The van der Waals surface area contributed by atoms with E-state index in [0.29, 0.717) is 11.4 Å². The fraction of sp³-hybridized carbons (Fsp3) is 0.273. The van der Waals surface area contributed by atoms with Gasteiger partial charge in [-0.3, -0.25) is 24.2 Å². The van der Waals surface area contributed by atoms with Crippen LogP contribution in [0.1, 0.15) is 28.9 Å². The van der Waals surface area contributed by atoms with E-state index in [1.807, 2.05) is 0 Å². The number of carboxylic acids is 2. The van der Waals surface area contributed by atoms with Crippen LogP contribution in [-0.4, -0.2) is 72.7 Å². The van der Waals surface area contributed by atoms with Gasteiger partial charge in [-0.1, -0.05) is 0 Å². The highest BCUT2D eigenvalue weighted by Gasteiger charge is 2.23. The first-order valence-electron chi connectivity index (χ1n) is 11.1. The summed E-state index contributed by atoms with van der Waals surface area (Å²) in [5.74, 6) is -4.31. The number of fused-ring (bicyclic) bond motifs is 1. The number of benzene rings is 1. The zero-order valence-electron chi connectivity index (χ0n) is 19.7. The van der Waals surface area contributed by atoms with E-state index in [4.69, 9.17) is 21.3 Å². The topological polar surface area (TPSA) is 266 Å². The molecule has 3 rings (SSSR count). The average Bonchev–Trinajstić information content (AvgIpc) is 2.88. The van der Waals surface area contributed by atoms with Gasteiger partial charge in [-0.05, 0) is 30.7 Å². The Morgan fingerprint density at radius 2 is 1.79 bits per heavy atom. The molecule has 0 fully saturated rings. The number of rotatable bonds is 12. The number of nitrogens with two attached hydrogens (primary N) is 2. The van der Waals surface area contributed by atoms with E-state index in [0.717, 1.165) is 0 Å². The second-order valence-corrected chi connectivity index (χ2v) is 7.95. The number of ether oxygens (including phenoxy) is 1. The Morgan fingerprint density at radius 3 is 2.45 bits per heavy atom. The Bertz CT molecular complexity index is 1410. The summed E-state index contributed by atoms with van der Waals surface area (Å²) >= 11 is 0. The van der Waals surface area contributed by atoms with Crippen molar-refractivity contribution in [2.45, 2.75) is 31.5 Å². The molecule has 0 saturated heterocycles. The van der Waals surface area contributed by atoms with Crippen LogP contribution >= 0.6 is 0 Å². The highest BCUT2D eigenvalue weighted by atomic mass is 16.5. The maximum atomic E-state index is 12.5. The number of hydrogen-bond acceptors (Lipinski definition) is 12. The molecule has 16 nitrogen and oxygen atoms in total. The van der Waals surface area contributed by atoms with Crippen molar-refractivity contribution in [3.05, 3.63) is 52.1 Å². The third-order valence-corrected chi connectivity index (χ3v) is 5.09. The van der Waals surface area contributed by atoms with Crippen LogP contribution in [0.25, 0.3) is 11.2 Å². The summed E-state index contributed by atoms with van der Waals surface area (Å²) in [4.78, 5) is 72.9. The van der Waals surface area contributed by atoms with Crippen LogP contribution in [0.4, 0.5) is 11.6 Å². The molecule has 200 valence electrons. The van der Waals surface area contributed by atoms with Crippen molar-refractivity contribution in [1.82, 2.24) is 25.3 Å². The number of carbonyl (C=O) groups is 4. The van der Waals surface area contributed by atoms with Gasteiger partial charge >= 0.3 is 17.9 Å². The summed E-state index contributed by atoms with van der Waals surface area (Å²) in [6, 6.07) is 3.30. The molecule has 2 atom stereocenters. The second-order valence-electron chi connectivity index (χ2n) is 7.95. The number of anilines is 2. The SMILES string of the molecule is Nc1nc2ncc(CNc3ccc(C(=O)N[C@@H](CCC(=O)OC[C@H](N)C(=O)O)C(=O)O)cc3)nc2c(=O)[nH]1. The van der Waals surface area contributed by atoms with Gasteiger partial charge in [-0.15, -0.1) is 0 Å². The zero-order valence-corrected chi connectivity index (χ0v) is 19.7. The molecule has 0 unspecified atom stereocenters. The number of nitrogens with zero attached hydrogens (tertiary/aromatic N) is 3. The van der Waals surface area contributed by atoms with Crippen molar-refractivity contribution in [3.63, 3.8) is 0 Å². The standard InChI is InChI=1S/C22H24N8O8/c23-13(20(34)35)9-38-15(31)6-5-14(21(36)37)28-18(32)10-1-3-11(4-2-10)25-7-12-8-26-17-16(27-12)19(33)30-22(24)29-17/h1-4,8,13-14,25H,5-7,9,23H2,(H,28,32)(H,34,35)(H,36,37)(H3,24,26,29,30,33)/t13-,14-/m0/s1. The van der Waals surface area contributed by atoms with Gasteiger partial charge in [0, 0.05) is 17.7 Å². The first kappa shape index (κ1) is 27.5. The third kappa shape index (κ3) is 7.44. The number of esters is 1. The number of aromatic amines is 1. The van der Waals surface area contributed by atoms with Gasteiger partial charge in [0.15, 0.2) is 11.2 Å². The summed E-state index contributed by atoms with van der Waals surface area (Å²) in [6.07, 6.45) is 0.782. The minimum atomic E-state index is -1.39. The lowest BCUT2D eigenvalue weighted by molar-refractivity contribution is -0.148. The van der Waals surface area contributed by atoms with E-state index in [1.54, 1.807) is 12.1 Å². The Hall–Kier alpha value is -5.12. The average molecular weight is 528 g/mol. The smallest absolute Gasteiger partial charge is 0.326 e. The van der Waals surface area contributed by atoms with E-state index in [2.05, 4.69) is 30.6 Å². The third-order valence-electron chi connectivity index (χ3n) is 5.09. The van der Waals surface area contributed by atoms with Crippen LogP contribution in [0.15, 0.2) is 35.3 Å². The molecule has 0 aliphatic carbocycles. The zero-order chi connectivity index (χ0) is 27.8. The normalized spacial score (nSPS) is 12.3. The Balaban J connectivity index is 1.53. The molecule has 1 amide bonds. The van der Waals surface area contributed by atoms with Crippen LogP contribution in [-0.2, 0) is 25.7 Å². The molecule has 2 heterocycles. The molecule has 0 spiro atoms. The lowest BCUT2D eigenvalue weighted by atomic mass is 10.1. The fourth-order valence-corrected chi connectivity index (χ4v) is 3.08. The second kappa shape index (κ2) is 12.2. The van der Waals surface area contributed by atoms with E-state index in [-0.39, 0.29) is 42.1 Å². The van der Waals surface area contributed by atoms with Crippen molar-refractivity contribution >= 4 is 46.6 Å².